The zero-order valence-electron chi connectivity index (χ0n) is 9.36. The molecule has 0 spiro atoms. The molecule has 2 aliphatic heterocycles. The smallest absolute Gasteiger partial charge is 0.423 e. The van der Waals surface area contributed by atoms with Crippen molar-refractivity contribution in [1.82, 2.24) is 9.97 Å². The van der Waals surface area contributed by atoms with Gasteiger partial charge in [-0.25, -0.2) is 9.97 Å². The molecule has 6 nitrogen and oxygen atoms in total. The van der Waals surface area contributed by atoms with Crippen molar-refractivity contribution in [3.63, 3.8) is 0 Å². The van der Waals surface area contributed by atoms with Crippen molar-refractivity contribution in [2.75, 3.05) is 18.0 Å². The predicted octanol–water partition coefficient (Wildman–Crippen LogP) is -1.48. The highest BCUT2D eigenvalue weighted by molar-refractivity contribution is 6.58. The number of nitrogens with zero attached hydrogens (tertiary/aromatic N) is 3. The van der Waals surface area contributed by atoms with E-state index in [0.29, 0.717) is 23.6 Å². The SMILES string of the molecule is OB(O)c1cnc(N2C[C@H]3CC[C@@H](C2)O3)nc1. The normalized spacial score (nSPS) is 27.3. The molecule has 2 fully saturated rings. The summed E-state index contributed by atoms with van der Waals surface area (Å²) < 4.78 is 5.73. The van der Waals surface area contributed by atoms with Crippen LogP contribution in [-0.4, -0.2) is 52.4 Å². The summed E-state index contributed by atoms with van der Waals surface area (Å²) in [5, 5.41) is 17.9. The summed E-state index contributed by atoms with van der Waals surface area (Å²) in [6, 6.07) is 0. The number of fused-ring (bicyclic) bond motifs is 2. The minimum atomic E-state index is -1.51. The Kier molecular flexibility index (Phi) is 2.74. The zero-order chi connectivity index (χ0) is 11.8. The third-order valence-corrected chi connectivity index (χ3v) is 3.28. The molecular weight excluding hydrogens is 221 g/mol. The Labute approximate surface area is 99.4 Å². The van der Waals surface area contributed by atoms with Gasteiger partial charge in [-0.15, -0.1) is 0 Å². The Bertz CT molecular complexity index is 388. The van der Waals surface area contributed by atoms with E-state index in [1.807, 2.05) is 0 Å². The highest BCUT2D eigenvalue weighted by atomic mass is 16.5. The highest BCUT2D eigenvalue weighted by Crippen LogP contribution is 2.27. The van der Waals surface area contributed by atoms with Gasteiger partial charge in [0.2, 0.25) is 5.95 Å². The first-order valence-corrected chi connectivity index (χ1v) is 5.81. The quantitative estimate of drug-likeness (QED) is 0.609. The molecule has 1 aromatic rings. The van der Waals surface area contributed by atoms with E-state index in [0.717, 1.165) is 25.9 Å². The molecule has 0 saturated carbocycles. The maximum absolute atomic E-state index is 8.96. The number of aromatic nitrogens is 2. The molecule has 2 atom stereocenters. The molecule has 0 amide bonds. The van der Waals surface area contributed by atoms with Crippen molar-refractivity contribution in [2.45, 2.75) is 25.0 Å². The van der Waals surface area contributed by atoms with Crippen LogP contribution in [0.25, 0.3) is 0 Å². The van der Waals surface area contributed by atoms with E-state index < -0.39 is 7.12 Å². The summed E-state index contributed by atoms with van der Waals surface area (Å²) in [4.78, 5) is 10.4. The summed E-state index contributed by atoms with van der Waals surface area (Å²) in [5.41, 5.74) is 0.310. The third-order valence-electron chi connectivity index (χ3n) is 3.28. The monoisotopic (exact) mass is 235 g/mol. The lowest BCUT2D eigenvalue weighted by atomic mass is 9.83. The van der Waals surface area contributed by atoms with Gasteiger partial charge >= 0.3 is 7.12 Å². The topological polar surface area (TPSA) is 78.7 Å². The number of morpholine rings is 1. The van der Waals surface area contributed by atoms with Gasteiger partial charge in [-0.2, -0.15) is 0 Å². The molecule has 17 heavy (non-hydrogen) atoms. The molecule has 0 aliphatic carbocycles. The standard InChI is InChI=1S/C10H14BN3O3/c15-11(16)7-3-12-10(13-4-7)14-5-8-1-2-9(6-14)17-8/h3-4,8-9,15-16H,1-2,5-6H2/t8-,9+. The first kappa shape index (κ1) is 10.9. The Morgan fingerprint density at radius 1 is 1.18 bits per heavy atom. The van der Waals surface area contributed by atoms with Gasteiger partial charge in [0, 0.05) is 30.9 Å². The lowest BCUT2D eigenvalue weighted by Crippen LogP contribution is -2.43. The van der Waals surface area contributed by atoms with Crippen molar-refractivity contribution in [3.8, 4) is 0 Å². The summed E-state index contributed by atoms with van der Waals surface area (Å²) in [6.45, 7) is 1.63. The molecule has 1 aromatic heterocycles. The minimum absolute atomic E-state index is 0.292. The number of hydrogen-bond donors (Lipinski definition) is 2. The Morgan fingerprint density at radius 3 is 2.29 bits per heavy atom. The van der Waals surface area contributed by atoms with Gasteiger partial charge in [0.1, 0.15) is 0 Å². The zero-order valence-corrected chi connectivity index (χ0v) is 9.36. The second kappa shape index (κ2) is 4.25. The van der Waals surface area contributed by atoms with Crippen LogP contribution in [0.15, 0.2) is 12.4 Å². The second-order valence-electron chi connectivity index (χ2n) is 4.55. The van der Waals surface area contributed by atoms with Crippen LogP contribution in [0.5, 0.6) is 0 Å². The fraction of sp³-hybridized carbons (Fsp3) is 0.600. The summed E-state index contributed by atoms with van der Waals surface area (Å²) >= 11 is 0. The van der Waals surface area contributed by atoms with Crippen LogP contribution < -0.4 is 10.4 Å². The fourth-order valence-electron chi connectivity index (χ4n) is 2.41. The molecule has 2 saturated heterocycles. The second-order valence-corrected chi connectivity index (χ2v) is 4.55. The number of ether oxygens (including phenoxy) is 1. The van der Waals surface area contributed by atoms with Crippen molar-refractivity contribution < 1.29 is 14.8 Å². The summed E-state index contributed by atoms with van der Waals surface area (Å²) in [6.07, 6.45) is 5.69. The number of anilines is 1. The van der Waals surface area contributed by atoms with E-state index in [9.17, 15) is 0 Å². The molecule has 7 heteroatoms. The lowest BCUT2D eigenvalue weighted by Gasteiger charge is -2.32. The van der Waals surface area contributed by atoms with Gasteiger partial charge in [-0.05, 0) is 12.8 Å². The molecule has 2 aliphatic rings. The molecule has 0 unspecified atom stereocenters. The van der Waals surface area contributed by atoms with Gasteiger partial charge in [-0.3, -0.25) is 0 Å². The number of rotatable bonds is 2. The van der Waals surface area contributed by atoms with Crippen molar-refractivity contribution >= 4 is 18.5 Å². The van der Waals surface area contributed by atoms with Gasteiger partial charge in [0.05, 0.1) is 12.2 Å². The average Bonchev–Trinajstić information content (AvgIpc) is 2.68. The van der Waals surface area contributed by atoms with E-state index in [4.69, 9.17) is 14.8 Å². The fourth-order valence-corrected chi connectivity index (χ4v) is 2.41. The Balaban J connectivity index is 1.75. The minimum Gasteiger partial charge on any atom is -0.423 e. The molecule has 3 heterocycles. The Morgan fingerprint density at radius 2 is 1.76 bits per heavy atom. The van der Waals surface area contributed by atoms with Crippen LogP contribution in [-0.2, 0) is 4.74 Å². The van der Waals surface area contributed by atoms with E-state index in [1.54, 1.807) is 0 Å². The van der Waals surface area contributed by atoms with Crippen molar-refractivity contribution in [2.24, 2.45) is 0 Å². The third kappa shape index (κ3) is 2.13. The lowest BCUT2D eigenvalue weighted by molar-refractivity contribution is 0.0299. The maximum atomic E-state index is 8.96. The Hall–Kier alpha value is -1.18. The molecule has 2 N–H and O–H groups in total. The molecule has 90 valence electrons. The van der Waals surface area contributed by atoms with E-state index in [2.05, 4.69) is 14.9 Å². The van der Waals surface area contributed by atoms with Crippen LogP contribution in [0.2, 0.25) is 0 Å². The number of hydrogen-bond acceptors (Lipinski definition) is 6. The first-order valence-electron chi connectivity index (χ1n) is 5.81. The largest absolute Gasteiger partial charge is 0.491 e. The molecule has 2 bridgehead atoms. The molecule has 0 aromatic carbocycles. The van der Waals surface area contributed by atoms with E-state index in [1.165, 1.54) is 12.4 Å². The van der Waals surface area contributed by atoms with Crippen LogP contribution in [0, 0.1) is 0 Å². The van der Waals surface area contributed by atoms with Crippen molar-refractivity contribution in [1.29, 1.82) is 0 Å². The summed E-state index contributed by atoms with van der Waals surface area (Å²) in [7, 11) is -1.51. The highest BCUT2D eigenvalue weighted by Gasteiger charge is 2.34. The first-order chi connectivity index (χ1) is 8.22. The van der Waals surface area contributed by atoms with Gasteiger partial charge in [0.15, 0.2) is 0 Å². The van der Waals surface area contributed by atoms with Crippen molar-refractivity contribution in [3.05, 3.63) is 12.4 Å². The molecular formula is C10H14BN3O3. The van der Waals surface area contributed by atoms with Gasteiger partial charge < -0.3 is 19.7 Å². The van der Waals surface area contributed by atoms with Crippen LogP contribution in [0.1, 0.15) is 12.8 Å². The van der Waals surface area contributed by atoms with Gasteiger partial charge in [-0.1, -0.05) is 0 Å². The summed E-state index contributed by atoms with van der Waals surface area (Å²) in [5.74, 6) is 0.634. The van der Waals surface area contributed by atoms with E-state index >= 15 is 0 Å². The average molecular weight is 235 g/mol. The molecule has 0 radical (unpaired) electrons. The van der Waals surface area contributed by atoms with Crippen LogP contribution >= 0.6 is 0 Å². The molecule has 3 rings (SSSR count). The maximum Gasteiger partial charge on any atom is 0.491 e. The van der Waals surface area contributed by atoms with Gasteiger partial charge in [0.25, 0.3) is 0 Å². The van der Waals surface area contributed by atoms with E-state index in [-0.39, 0.29) is 0 Å². The van der Waals surface area contributed by atoms with Crippen LogP contribution in [0.3, 0.4) is 0 Å². The van der Waals surface area contributed by atoms with Crippen LogP contribution in [0.4, 0.5) is 5.95 Å². The predicted molar refractivity (Wildman–Crippen MR) is 62.0 cm³/mol.